The Hall–Kier alpha value is -2.68. The first-order valence-corrected chi connectivity index (χ1v) is 10.3. The van der Waals surface area contributed by atoms with Crippen molar-refractivity contribution in [1.29, 1.82) is 0 Å². The van der Waals surface area contributed by atoms with Crippen LogP contribution in [0.4, 0.5) is 11.8 Å². The number of ether oxygens (including phenoxy) is 1. The van der Waals surface area contributed by atoms with Crippen LogP contribution in [0.25, 0.3) is 0 Å². The second-order valence-corrected chi connectivity index (χ2v) is 8.17. The number of rotatable bonds is 5. The molecule has 144 valence electrons. The zero-order valence-electron chi connectivity index (χ0n) is 15.0. The second-order valence-electron chi connectivity index (χ2n) is 6.25. The van der Waals surface area contributed by atoms with Crippen LogP contribution in [-0.4, -0.2) is 44.1 Å². The van der Waals surface area contributed by atoms with Crippen LogP contribution in [0.1, 0.15) is 19.8 Å². The van der Waals surface area contributed by atoms with E-state index in [0.29, 0.717) is 38.5 Å². The van der Waals surface area contributed by atoms with Gasteiger partial charge in [0, 0.05) is 13.1 Å². The van der Waals surface area contributed by atoms with Crippen LogP contribution >= 0.6 is 0 Å². The molecule has 3 rings (SSSR count). The molecule has 0 radical (unpaired) electrons. The summed E-state index contributed by atoms with van der Waals surface area (Å²) < 4.78 is 30.5. The average Bonchev–Trinajstić information content (AvgIpc) is 2.68. The monoisotopic (exact) mass is 390 g/mol. The molecular weight excluding hydrogens is 368 g/mol. The number of carbonyl (C=O) groups is 1. The summed E-state index contributed by atoms with van der Waals surface area (Å²) in [5, 5.41) is 0. The third-order valence-electron chi connectivity index (χ3n) is 4.51. The highest BCUT2D eigenvalue weighted by atomic mass is 32.2. The third-order valence-corrected chi connectivity index (χ3v) is 6.30. The van der Waals surface area contributed by atoms with Crippen LogP contribution in [0, 0.1) is 5.92 Å². The van der Waals surface area contributed by atoms with Crippen molar-refractivity contribution in [3.63, 3.8) is 0 Å². The van der Waals surface area contributed by atoms with Crippen molar-refractivity contribution in [1.82, 2.24) is 9.97 Å². The Kier molecular flexibility index (Phi) is 5.59. The molecule has 1 saturated heterocycles. The number of piperidine rings is 1. The highest BCUT2D eigenvalue weighted by molar-refractivity contribution is 7.91. The van der Waals surface area contributed by atoms with E-state index >= 15 is 0 Å². The van der Waals surface area contributed by atoms with Gasteiger partial charge in [-0.2, -0.15) is 4.98 Å². The van der Waals surface area contributed by atoms with Gasteiger partial charge in [-0.05, 0) is 31.9 Å². The van der Waals surface area contributed by atoms with Gasteiger partial charge in [0.1, 0.15) is 10.7 Å². The number of hydrogen-bond donors (Lipinski definition) is 1. The van der Waals surface area contributed by atoms with E-state index in [1.165, 1.54) is 18.3 Å². The molecule has 0 atom stereocenters. The quantitative estimate of drug-likeness (QED) is 0.767. The molecule has 2 N–H and O–H groups in total. The van der Waals surface area contributed by atoms with Crippen molar-refractivity contribution in [3.05, 3.63) is 36.5 Å². The number of nitrogens with two attached hydrogens (primary N) is 1. The molecule has 0 spiro atoms. The Bertz CT molecular complexity index is 910. The van der Waals surface area contributed by atoms with Crippen LogP contribution in [-0.2, 0) is 19.4 Å². The molecule has 1 aliphatic rings. The van der Waals surface area contributed by atoms with Crippen LogP contribution in [0.5, 0.6) is 0 Å². The average molecular weight is 390 g/mol. The number of aromatic nitrogens is 2. The highest BCUT2D eigenvalue weighted by Crippen LogP contribution is 2.27. The normalized spacial score (nSPS) is 15.5. The number of anilines is 2. The first kappa shape index (κ1) is 19.1. The maximum absolute atomic E-state index is 12.7. The van der Waals surface area contributed by atoms with E-state index < -0.39 is 9.84 Å². The molecule has 0 aliphatic carbocycles. The summed E-state index contributed by atoms with van der Waals surface area (Å²) in [6, 6.07) is 8.03. The number of carbonyl (C=O) groups excluding carboxylic acids is 1. The van der Waals surface area contributed by atoms with Gasteiger partial charge in [0.25, 0.3) is 0 Å². The Labute approximate surface area is 158 Å². The number of nitrogen functional groups attached to an aromatic ring is 1. The molecule has 0 amide bonds. The van der Waals surface area contributed by atoms with Gasteiger partial charge in [-0.15, -0.1) is 0 Å². The van der Waals surface area contributed by atoms with Crippen LogP contribution in [0.3, 0.4) is 0 Å². The topological polar surface area (TPSA) is 115 Å². The summed E-state index contributed by atoms with van der Waals surface area (Å²) >= 11 is 0. The first-order chi connectivity index (χ1) is 12.9. The van der Waals surface area contributed by atoms with E-state index in [2.05, 4.69) is 9.97 Å². The summed E-state index contributed by atoms with van der Waals surface area (Å²) in [6.45, 7) is 3.31. The lowest BCUT2D eigenvalue weighted by Gasteiger charge is -2.30. The molecule has 2 aromatic rings. The highest BCUT2D eigenvalue weighted by Gasteiger charge is 2.28. The van der Waals surface area contributed by atoms with Crippen molar-refractivity contribution in [3.8, 4) is 0 Å². The summed E-state index contributed by atoms with van der Waals surface area (Å²) in [7, 11) is -3.77. The smallest absolute Gasteiger partial charge is 0.309 e. The largest absolute Gasteiger partial charge is 0.466 e. The summed E-state index contributed by atoms with van der Waals surface area (Å²) in [5.74, 6) is -0.0312. The number of benzene rings is 1. The minimum absolute atomic E-state index is 0.0867. The lowest BCUT2D eigenvalue weighted by atomic mass is 9.97. The van der Waals surface area contributed by atoms with E-state index in [9.17, 15) is 13.2 Å². The summed E-state index contributed by atoms with van der Waals surface area (Å²) in [5.41, 5.74) is 5.94. The molecule has 1 aromatic heterocycles. The summed E-state index contributed by atoms with van der Waals surface area (Å²) in [4.78, 5) is 22.1. The zero-order chi connectivity index (χ0) is 19.4. The number of esters is 1. The van der Waals surface area contributed by atoms with Crippen molar-refractivity contribution < 1.29 is 17.9 Å². The van der Waals surface area contributed by atoms with Crippen LogP contribution in [0.15, 0.2) is 46.3 Å². The van der Waals surface area contributed by atoms with Gasteiger partial charge in [-0.3, -0.25) is 4.79 Å². The molecule has 0 bridgehead atoms. The number of sulfone groups is 1. The van der Waals surface area contributed by atoms with Gasteiger partial charge >= 0.3 is 5.97 Å². The molecule has 9 heteroatoms. The lowest BCUT2D eigenvalue weighted by Crippen LogP contribution is -2.38. The number of nitrogens with zero attached hydrogens (tertiary/aromatic N) is 3. The minimum Gasteiger partial charge on any atom is -0.466 e. The van der Waals surface area contributed by atoms with Gasteiger partial charge in [-0.1, -0.05) is 18.2 Å². The third kappa shape index (κ3) is 4.02. The van der Waals surface area contributed by atoms with E-state index in [1.54, 1.807) is 25.1 Å². The van der Waals surface area contributed by atoms with Gasteiger partial charge in [0.05, 0.1) is 23.6 Å². The van der Waals surface area contributed by atoms with Gasteiger partial charge in [-0.25, -0.2) is 13.4 Å². The molecule has 0 unspecified atom stereocenters. The molecular formula is C18H22N4O4S. The Morgan fingerprint density at radius 2 is 1.93 bits per heavy atom. The Morgan fingerprint density at radius 1 is 1.26 bits per heavy atom. The zero-order valence-corrected chi connectivity index (χ0v) is 15.9. The maximum atomic E-state index is 12.7. The van der Waals surface area contributed by atoms with Crippen LogP contribution < -0.4 is 10.6 Å². The second kappa shape index (κ2) is 7.91. The molecule has 27 heavy (non-hydrogen) atoms. The van der Waals surface area contributed by atoms with Crippen LogP contribution in [0.2, 0.25) is 0 Å². The SMILES string of the molecule is CCOC(=O)C1CCN(c2ncc(S(=O)(=O)c3ccccc3)c(N)n2)CC1. The fourth-order valence-corrected chi connectivity index (χ4v) is 4.32. The van der Waals surface area contributed by atoms with E-state index in [1.807, 2.05) is 4.90 Å². The minimum atomic E-state index is -3.77. The Morgan fingerprint density at radius 3 is 2.52 bits per heavy atom. The summed E-state index contributed by atoms with van der Waals surface area (Å²) in [6.07, 6.45) is 2.51. The molecule has 1 fully saturated rings. The van der Waals surface area contributed by atoms with E-state index in [0.717, 1.165) is 0 Å². The predicted octanol–water partition coefficient (Wildman–Crippen LogP) is 1.67. The maximum Gasteiger partial charge on any atom is 0.309 e. The molecule has 8 nitrogen and oxygen atoms in total. The van der Waals surface area contributed by atoms with Gasteiger partial charge < -0.3 is 15.4 Å². The van der Waals surface area contributed by atoms with Crippen molar-refractivity contribution in [2.75, 3.05) is 30.3 Å². The van der Waals surface area contributed by atoms with E-state index in [-0.39, 0.29) is 27.5 Å². The molecule has 1 aromatic carbocycles. The Balaban J connectivity index is 1.76. The molecule has 0 saturated carbocycles. The van der Waals surface area contributed by atoms with Gasteiger partial charge in [0.2, 0.25) is 15.8 Å². The van der Waals surface area contributed by atoms with Crippen molar-refractivity contribution >= 4 is 27.6 Å². The first-order valence-electron chi connectivity index (χ1n) is 8.77. The number of hydrogen-bond acceptors (Lipinski definition) is 8. The van der Waals surface area contributed by atoms with Crippen molar-refractivity contribution in [2.24, 2.45) is 5.92 Å². The standard InChI is InChI=1S/C18H22N4O4S/c1-2-26-17(23)13-8-10-22(11-9-13)18-20-12-15(16(19)21-18)27(24,25)14-6-4-3-5-7-14/h3-7,12-13H,2,8-11H2,1H3,(H2,19,20,21). The van der Waals surface area contributed by atoms with Crippen molar-refractivity contribution in [2.45, 2.75) is 29.6 Å². The van der Waals surface area contributed by atoms with Gasteiger partial charge in [0.15, 0.2) is 0 Å². The molecule has 1 aliphatic heterocycles. The van der Waals surface area contributed by atoms with E-state index in [4.69, 9.17) is 10.5 Å². The predicted molar refractivity (Wildman–Crippen MR) is 99.9 cm³/mol. The molecule has 2 heterocycles. The fourth-order valence-electron chi connectivity index (χ4n) is 3.04. The fraction of sp³-hybridized carbons (Fsp3) is 0.389. The lowest BCUT2D eigenvalue weighted by molar-refractivity contribution is -0.148.